The first-order chi connectivity index (χ1) is 22.4. The highest BCUT2D eigenvalue weighted by atomic mass is 32.2. The lowest BCUT2D eigenvalue weighted by Crippen LogP contribution is -2.33. The highest BCUT2D eigenvalue weighted by Gasteiger charge is 2.43. The SMILES string of the molecule is Cc1nc(-c2ccc(OC(F)F)c(F)c2)c(C2CC(C3=CC(S(C)(=O)=O)=C(CO)C(F)C3)=CC=C2c2cc(C(F)(F)C(N)=O)nn2C)o1. The topological polar surface area (TPSA) is 151 Å². The summed E-state index contributed by atoms with van der Waals surface area (Å²) in [5, 5.41) is 13.5. The first-order valence-corrected chi connectivity index (χ1v) is 16.1. The smallest absolute Gasteiger partial charge is 0.387 e. The van der Waals surface area contributed by atoms with E-state index in [2.05, 4.69) is 14.8 Å². The molecule has 10 nitrogen and oxygen atoms in total. The molecular formula is C31H28F6N4O6S. The number of alkyl halides is 5. The van der Waals surface area contributed by atoms with E-state index in [9.17, 15) is 40.3 Å². The lowest BCUT2D eigenvalue weighted by atomic mass is 9.78. The minimum atomic E-state index is -4.13. The van der Waals surface area contributed by atoms with Crippen molar-refractivity contribution in [3.8, 4) is 17.0 Å². The van der Waals surface area contributed by atoms with Gasteiger partial charge in [0, 0.05) is 37.8 Å². The van der Waals surface area contributed by atoms with E-state index in [0.29, 0.717) is 11.1 Å². The van der Waals surface area contributed by atoms with Crippen molar-refractivity contribution in [2.24, 2.45) is 12.8 Å². The Labute approximate surface area is 269 Å². The van der Waals surface area contributed by atoms with E-state index in [4.69, 9.17) is 10.2 Å². The second-order valence-electron chi connectivity index (χ2n) is 11.2. The first-order valence-electron chi connectivity index (χ1n) is 14.2. The Bertz CT molecular complexity index is 2030. The van der Waals surface area contributed by atoms with E-state index in [1.54, 1.807) is 0 Å². The van der Waals surface area contributed by atoms with Gasteiger partial charge in [-0.3, -0.25) is 9.48 Å². The summed E-state index contributed by atoms with van der Waals surface area (Å²) in [7, 11) is -2.63. The minimum Gasteiger partial charge on any atom is -0.445 e. The van der Waals surface area contributed by atoms with Gasteiger partial charge in [-0.1, -0.05) is 12.2 Å². The van der Waals surface area contributed by atoms with E-state index in [1.807, 2.05) is 0 Å². The van der Waals surface area contributed by atoms with Crippen molar-refractivity contribution in [3.05, 3.63) is 93.0 Å². The number of oxazole rings is 1. The van der Waals surface area contributed by atoms with Crippen LogP contribution in [0.3, 0.4) is 0 Å². The van der Waals surface area contributed by atoms with Gasteiger partial charge in [0.05, 0.1) is 23.1 Å². The Kier molecular flexibility index (Phi) is 9.22. The van der Waals surface area contributed by atoms with Crippen LogP contribution < -0.4 is 10.5 Å². The van der Waals surface area contributed by atoms with Gasteiger partial charge in [-0.15, -0.1) is 0 Å². The van der Waals surface area contributed by atoms with Crippen molar-refractivity contribution >= 4 is 21.3 Å². The van der Waals surface area contributed by atoms with Gasteiger partial charge >= 0.3 is 12.5 Å². The number of rotatable bonds is 10. The summed E-state index contributed by atoms with van der Waals surface area (Å²) in [6, 6.07) is 4.08. The van der Waals surface area contributed by atoms with E-state index in [1.165, 1.54) is 38.3 Å². The standard InChI is InChI=1S/C31H28F6N4O6S/c1-14-39-27(16-5-7-24(22(33)9-16)47-30(34)35)28(46-14)19-8-15(17-10-21(32)20(13-42)25(11-17)48(3,44)45)4-6-18(19)23-12-26(40-41(23)2)31(36,37)29(38)43/h4-7,9,11-12,19,21,30,42H,8,10,13H2,1-3H3,(H2,38,43). The van der Waals surface area contributed by atoms with Crippen molar-refractivity contribution in [2.45, 2.75) is 44.4 Å². The fraction of sp³-hybridized carbons (Fsp3) is 0.323. The molecule has 2 heterocycles. The molecule has 0 bridgehead atoms. The van der Waals surface area contributed by atoms with Gasteiger partial charge in [0.15, 0.2) is 27.3 Å². The third kappa shape index (κ3) is 6.56. The van der Waals surface area contributed by atoms with Gasteiger partial charge in [0.2, 0.25) is 0 Å². The number of carbonyl (C=O) groups excluding carboxylic acids is 1. The monoisotopic (exact) mass is 698 g/mol. The number of aliphatic hydroxyl groups is 1. The van der Waals surface area contributed by atoms with E-state index in [-0.39, 0.29) is 57.5 Å². The molecule has 0 aliphatic heterocycles. The number of hydrogen-bond donors (Lipinski definition) is 2. The Balaban J connectivity index is 1.69. The number of hydrogen-bond acceptors (Lipinski definition) is 8. The van der Waals surface area contributed by atoms with Crippen LogP contribution in [0.5, 0.6) is 5.75 Å². The number of sulfone groups is 1. The van der Waals surface area contributed by atoms with Gasteiger partial charge in [-0.25, -0.2) is 22.2 Å². The van der Waals surface area contributed by atoms with E-state index in [0.717, 1.165) is 29.1 Å². The Morgan fingerprint density at radius 2 is 1.92 bits per heavy atom. The highest BCUT2D eigenvalue weighted by Crippen LogP contribution is 2.47. The molecule has 2 atom stereocenters. The van der Waals surface area contributed by atoms with Crippen LogP contribution in [-0.4, -0.2) is 59.8 Å². The van der Waals surface area contributed by atoms with Gasteiger partial charge in [0.1, 0.15) is 23.3 Å². The predicted octanol–water partition coefficient (Wildman–Crippen LogP) is 5.16. The number of nitrogens with two attached hydrogens (primary N) is 1. The fourth-order valence-electron chi connectivity index (χ4n) is 5.71. The number of nitrogens with zero attached hydrogens (tertiary/aromatic N) is 3. The molecule has 1 amide bonds. The average Bonchev–Trinajstić information content (AvgIpc) is 3.59. The molecule has 17 heteroatoms. The van der Waals surface area contributed by atoms with Gasteiger partial charge < -0.3 is 20.0 Å². The molecule has 48 heavy (non-hydrogen) atoms. The van der Waals surface area contributed by atoms with Crippen LogP contribution in [0.4, 0.5) is 26.3 Å². The quantitative estimate of drug-likeness (QED) is 0.276. The zero-order valence-electron chi connectivity index (χ0n) is 25.5. The van der Waals surface area contributed by atoms with Crippen molar-refractivity contribution in [3.63, 3.8) is 0 Å². The van der Waals surface area contributed by atoms with Gasteiger partial charge in [-0.2, -0.15) is 22.7 Å². The zero-order valence-corrected chi connectivity index (χ0v) is 26.3. The van der Waals surface area contributed by atoms with Crippen molar-refractivity contribution in [1.29, 1.82) is 0 Å². The van der Waals surface area contributed by atoms with Gasteiger partial charge in [0.25, 0.3) is 5.91 Å². The summed E-state index contributed by atoms with van der Waals surface area (Å²) < 4.78 is 121. The highest BCUT2D eigenvalue weighted by molar-refractivity contribution is 7.94. The lowest BCUT2D eigenvalue weighted by molar-refractivity contribution is -0.143. The number of benzene rings is 1. The number of aliphatic hydroxyl groups excluding tert-OH is 1. The molecule has 2 aromatic heterocycles. The molecule has 0 radical (unpaired) electrons. The molecule has 0 spiro atoms. The van der Waals surface area contributed by atoms with E-state index < -0.39 is 64.2 Å². The number of amides is 1. The molecule has 3 aromatic rings. The maximum Gasteiger partial charge on any atom is 0.387 e. The second kappa shape index (κ2) is 12.8. The Morgan fingerprint density at radius 3 is 2.52 bits per heavy atom. The zero-order chi connectivity index (χ0) is 35.3. The lowest BCUT2D eigenvalue weighted by Gasteiger charge is -2.28. The van der Waals surface area contributed by atoms with E-state index >= 15 is 4.39 Å². The van der Waals surface area contributed by atoms with Crippen LogP contribution in [0.2, 0.25) is 0 Å². The summed E-state index contributed by atoms with van der Waals surface area (Å²) in [4.78, 5) is 15.5. The van der Waals surface area contributed by atoms with Crippen LogP contribution in [0.1, 0.15) is 41.8 Å². The number of aryl methyl sites for hydroxylation is 2. The molecule has 2 unspecified atom stereocenters. The molecule has 1 aromatic carbocycles. The number of halogens is 6. The summed E-state index contributed by atoms with van der Waals surface area (Å²) in [5.74, 6) is -8.71. The molecule has 0 saturated heterocycles. The molecule has 5 rings (SSSR count). The minimum absolute atomic E-state index is 0.0530. The third-order valence-corrected chi connectivity index (χ3v) is 9.13. The first kappa shape index (κ1) is 34.7. The van der Waals surface area contributed by atoms with Gasteiger partial charge in [-0.05, 0) is 53.5 Å². The summed E-state index contributed by atoms with van der Waals surface area (Å²) in [6.07, 6.45) is 2.98. The van der Waals surface area contributed by atoms with Crippen LogP contribution in [0.15, 0.2) is 68.5 Å². The second-order valence-corrected chi connectivity index (χ2v) is 13.2. The van der Waals surface area contributed by atoms with Crippen LogP contribution in [-0.2, 0) is 27.6 Å². The van der Waals surface area contributed by atoms with Crippen molar-refractivity contribution in [2.75, 3.05) is 12.9 Å². The Hall–Kier alpha value is -4.64. The molecular weight excluding hydrogens is 670 g/mol. The van der Waals surface area contributed by atoms with Crippen molar-refractivity contribution in [1.82, 2.24) is 14.8 Å². The molecule has 2 aliphatic carbocycles. The van der Waals surface area contributed by atoms with Crippen LogP contribution >= 0.6 is 0 Å². The number of allylic oxidation sites excluding steroid dienone is 6. The van der Waals surface area contributed by atoms with Crippen LogP contribution in [0, 0.1) is 12.7 Å². The number of carbonyl (C=O) groups is 1. The summed E-state index contributed by atoms with van der Waals surface area (Å²) in [6.45, 7) is -2.63. The largest absolute Gasteiger partial charge is 0.445 e. The summed E-state index contributed by atoms with van der Waals surface area (Å²) in [5.41, 5.74) is 4.86. The molecule has 3 N–H and O–H groups in total. The molecule has 256 valence electrons. The molecule has 2 aliphatic rings. The predicted molar refractivity (Wildman–Crippen MR) is 160 cm³/mol. The number of primary amides is 1. The molecule has 0 fully saturated rings. The number of ether oxygens (including phenoxy) is 1. The maximum absolute atomic E-state index is 15.3. The maximum atomic E-state index is 15.3. The summed E-state index contributed by atoms with van der Waals surface area (Å²) >= 11 is 0. The normalized spacial score (nSPS) is 18.9. The van der Waals surface area contributed by atoms with Crippen molar-refractivity contribution < 1.29 is 53.8 Å². The molecule has 0 saturated carbocycles. The fourth-order valence-corrected chi connectivity index (χ4v) is 6.73. The number of aromatic nitrogens is 3. The Morgan fingerprint density at radius 1 is 1.21 bits per heavy atom. The third-order valence-electron chi connectivity index (χ3n) is 7.95. The average molecular weight is 699 g/mol. The van der Waals surface area contributed by atoms with Crippen LogP contribution in [0.25, 0.3) is 16.8 Å².